The fraction of sp³-hybridized carbons (Fsp3) is 0.727. The van der Waals surface area contributed by atoms with Gasteiger partial charge in [0.25, 0.3) is 0 Å². The molecule has 1 amide bonds. The van der Waals surface area contributed by atoms with Crippen LogP contribution in [-0.4, -0.2) is 26.9 Å². The van der Waals surface area contributed by atoms with Crippen molar-refractivity contribution in [1.29, 1.82) is 0 Å². The molecule has 0 radical (unpaired) electrons. The number of rotatable bonds is 6. The van der Waals surface area contributed by atoms with Crippen LogP contribution in [0, 0.1) is 0 Å². The van der Waals surface area contributed by atoms with Crippen molar-refractivity contribution in [2.24, 2.45) is 5.73 Å². The highest BCUT2D eigenvalue weighted by Crippen LogP contribution is 2.11. The van der Waals surface area contributed by atoms with Gasteiger partial charge in [0.1, 0.15) is 6.54 Å². The van der Waals surface area contributed by atoms with Crippen molar-refractivity contribution in [1.82, 2.24) is 20.3 Å². The zero-order chi connectivity index (χ0) is 12.8. The van der Waals surface area contributed by atoms with Gasteiger partial charge in [0.15, 0.2) is 0 Å². The second-order valence-corrected chi connectivity index (χ2v) is 4.46. The van der Waals surface area contributed by atoms with Crippen LogP contribution in [0.5, 0.6) is 0 Å². The first-order valence-corrected chi connectivity index (χ1v) is 5.98. The van der Waals surface area contributed by atoms with E-state index in [1.165, 1.54) is 4.68 Å². The minimum Gasteiger partial charge on any atom is -0.352 e. The summed E-state index contributed by atoms with van der Waals surface area (Å²) < 4.78 is 1.52. The summed E-state index contributed by atoms with van der Waals surface area (Å²) in [6.45, 7) is 6.09. The third-order valence-corrected chi connectivity index (χ3v) is 2.29. The molecule has 0 aliphatic rings. The first kappa shape index (κ1) is 13.6. The average Bonchev–Trinajstić information content (AvgIpc) is 2.65. The third kappa shape index (κ3) is 4.52. The lowest BCUT2D eigenvalue weighted by atomic mass is 10.1. The molecule has 1 rings (SSSR count). The van der Waals surface area contributed by atoms with Crippen LogP contribution >= 0.6 is 0 Å². The maximum Gasteiger partial charge on any atom is 0.241 e. The fourth-order valence-electron chi connectivity index (χ4n) is 1.53. The van der Waals surface area contributed by atoms with E-state index in [2.05, 4.69) is 22.6 Å². The van der Waals surface area contributed by atoms with Gasteiger partial charge in [-0.15, -0.1) is 5.10 Å². The maximum absolute atomic E-state index is 11.5. The largest absolute Gasteiger partial charge is 0.352 e. The lowest BCUT2D eigenvalue weighted by Gasteiger charge is -2.07. The van der Waals surface area contributed by atoms with Crippen LogP contribution in [0.1, 0.15) is 45.3 Å². The summed E-state index contributed by atoms with van der Waals surface area (Å²) in [4.78, 5) is 11.5. The van der Waals surface area contributed by atoms with Crippen molar-refractivity contribution in [3.8, 4) is 0 Å². The topological polar surface area (TPSA) is 85.8 Å². The molecule has 6 nitrogen and oxygen atoms in total. The van der Waals surface area contributed by atoms with Crippen molar-refractivity contribution in [2.45, 2.75) is 52.2 Å². The van der Waals surface area contributed by atoms with E-state index in [9.17, 15) is 4.79 Å². The van der Waals surface area contributed by atoms with Crippen LogP contribution in [0.2, 0.25) is 0 Å². The minimum absolute atomic E-state index is 0.0690. The quantitative estimate of drug-likeness (QED) is 0.761. The Morgan fingerprint density at radius 2 is 2.29 bits per heavy atom. The van der Waals surface area contributed by atoms with Crippen molar-refractivity contribution >= 4 is 5.91 Å². The van der Waals surface area contributed by atoms with Crippen LogP contribution in [0.4, 0.5) is 0 Å². The maximum atomic E-state index is 11.5. The Morgan fingerprint density at radius 3 is 2.88 bits per heavy atom. The van der Waals surface area contributed by atoms with Crippen molar-refractivity contribution in [2.75, 3.05) is 0 Å². The molecular weight excluding hydrogens is 218 g/mol. The number of aromatic nitrogens is 3. The molecule has 1 heterocycles. The molecule has 0 saturated heterocycles. The number of nitrogens with two attached hydrogens (primary N) is 1. The normalized spacial score (nSPS) is 12.8. The number of nitrogens with one attached hydrogen (secondary N) is 1. The first-order chi connectivity index (χ1) is 8.02. The Labute approximate surface area is 102 Å². The molecule has 0 bridgehead atoms. The lowest BCUT2D eigenvalue weighted by molar-refractivity contribution is -0.122. The molecule has 96 valence electrons. The fourth-order valence-corrected chi connectivity index (χ4v) is 1.53. The molecular formula is C11H21N5O. The Hall–Kier alpha value is -1.43. The molecule has 6 heteroatoms. The first-order valence-electron chi connectivity index (χ1n) is 5.98. The van der Waals surface area contributed by atoms with Crippen LogP contribution in [0.3, 0.4) is 0 Å². The van der Waals surface area contributed by atoms with Crippen molar-refractivity contribution in [3.05, 3.63) is 11.9 Å². The summed E-state index contributed by atoms with van der Waals surface area (Å²) >= 11 is 0. The van der Waals surface area contributed by atoms with E-state index in [-0.39, 0.29) is 24.5 Å². The SMILES string of the molecule is CCCC(N)c1cn(CC(=O)NC(C)C)nn1. The number of amides is 1. The van der Waals surface area contributed by atoms with Gasteiger partial charge in [-0.25, -0.2) is 4.68 Å². The molecule has 17 heavy (non-hydrogen) atoms. The van der Waals surface area contributed by atoms with Gasteiger partial charge in [0, 0.05) is 6.04 Å². The van der Waals surface area contributed by atoms with E-state index in [0.717, 1.165) is 18.5 Å². The van der Waals surface area contributed by atoms with E-state index >= 15 is 0 Å². The Bertz CT molecular complexity index is 360. The summed E-state index contributed by atoms with van der Waals surface area (Å²) in [6, 6.07) is 0.0368. The van der Waals surface area contributed by atoms with Gasteiger partial charge < -0.3 is 11.1 Å². The van der Waals surface area contributed by atoms with E-state index < -0.39 is 0 Å². The molecule has 0 aliphatic carbocycles. The summed E-state index contributed by atoms with van der Waals surface area (Å²) in [5.74, 6) is -0.0690. The highest BCUT2D eigenvalue weighted by Gasteiger charge is 2.11. The predicted molar refractivity (Wildman–Crippen MR) is 65.1 cm³/mol. The predicted octanol–water partition coefficient (Wildman–Crippen LogP) is 0.603. The summed E-state index contributed by atoms with van der Waals surface area (Å²) in [7, 11) is 0. The number of nitrogens with zero attached hydrogens (tertiary/aromatic N) is 3. The van der Waals surface area contributed by atoms with Crippen molar-refractivity contribution in [3.63, 3.8) is 0 Å². The summed E-state index contributed by atoms with van der Waals surface area (Å²) in [5.41, 5.74) is 6.65. The Balaban J connectivity index is 2.53. The Morgan fingerprint density at radius 1 is 1.59 bits per heavy atom. The second-order valence-electron chi connectivity index (χ2n) is 4.46. The van der Waals surface area contributed by atoms with Gasteiger partial charge in [-0.1, -0.05) is 18.6 Å². The van der Waals surface area contributed by atoms with Gasteiger partial charge in [0.2, 0.25) is 5.91 Å². The highest BCUT2D eigenvalue weighted by atomic mass is 16.2. The van der Waals surface area contributed by atoms with Crippen LogP contribution < -0.4 is 11.1 Å². The molecule has 0 saturated carbocycles. The molecule has 3 N–H and O–H groups in total. The molecule has 1 aromatic heterocycles. The second kappa shape index (κ2) is 6.34. The molecule has 1 unspecified atom stereocenters. The van der Waals surface area contributed by atoms with Gasteiger partial charge in [-0.05, 0) is 20.3 Å². The number of carbonyl (C=O) groups excluding carboxylic acids is 1. The smallest absolute Gasteiger partial charge is 0.241 e. The number of hydrogen-bond donors (Lipinski definition) is 2. The van der Waals surface area contributed by atoms with E-state index in [0.29, 0.717) is 0 Å². The van der Waals surface area contributed by atoms with Crippen LogP contribution in [0.25, 0.3) is 0 Å². The Kier molecular flexibility index (Phi) is 5.09. The number of hydrogen-bond acceptors (Lipinski definition) is 4. The molecule has 1 atom stereocenters. The molecule has 0 spiro atoms. The average molecular weight is 239 g/mol. The van der Waals surface area contributed by atoms with Crippen molar-refractivity contribution < 1.29 is 4.79 Å². The summed E-state index contributed by atoms with van der Waals surface area (Å²) in [6.07, 6.45) is 3.61. The van der Waals surface area contributed by atoms with Gasteiger partial charge in [-0.2, -0.15) is 0 Å². The third-order valence-electron chi connectivity index (χ3n) is 2.29. The zero-order valence-corrected chi connectivity index (χ0v) is 10.7. The molecule has 1 aromatic rings. The molecule has 0 aromatic carbocycles. The van der Waals surface area contributed by atoms with Gasteiger partial charge in [-0.3, -0.25) is 4.79 Å². The zero-order valence-electron chi connectivity index (χ0n) is 10.7. The standard InChI is InChI=1S/C11H21N5O/c1-4-5-9(12)10-6-16(15-14-10)7-11(17)13-8(2)3/h6,8-9H,4-5,7,12H2,1-3H3,(H,13,17). The summed E-state index contributed by atoms with van der Waals surface area (Å²) in [5, 5.41) is 10.7. The molecule has 0 aliphatic heterocycles. The van der Waals surface area contributed by atoms with Crippen LogP contribution in [0.15, 0.2) is 6.20 Å². The van der Waals surface area contributed by atoms with E-state index in [1.807, 2.05) is 13.8 Å². The van der Waals surface area contributed by atoms with Gasteiger partial charge >= 0.3 is 0 Å². The number of carbonyl (C=O) groups is 1. The van der Waals surface area contributed by atoms with E-state index in [4.69, 9.17) is 5.73 Å². The van der Waals surface area contributed by atoms with Crippen LogP contribution in [-0.2, 0) is 11.3 Å². The van der Waals surface area contributed by atoms with Gasteiger partial charge in [0.05, 0.1) is 17.9 Å². The lowest BCUT2D eigenvalue weighted by Crippen LogP contribution is -2.33. The minimum atomic E-state index is -0.0955. The molecule has 0 fully saturated rings. The monoisotopic (exact) mass is 239 g/mol. The van der Waals surface area contributed by atoms with E-state index in [1.54, 1.807) is 6.20 Å². The highest BCUT2D eigenvalue weighted by molar-refractivity contribution is 5.75.